The lowest BCUT2D eigenvalue weighted by Crippen LogP contribution is -2.39. The normalized spacial score (nSPS) is 20.5. The first-order chi connectivity index (χ1) is 20.6. The van der Waals surface area contributed by atoms with Crippen LogP contribution in [0.2, 0.25) is 0 Å². The van der Waals surface area contributed by atoms with Crippen LogP contribution in [0, 0.1) is 17.7 Å². The van der Waals surface area contributed by atoms with Crippen LogP contribution in [-0.2, 0) is 23.6 Å². The van der Waals surface area contributed by atoms with E-state index in [1.807, 2.05) is 0 Å². The fourth-order valence-electron chi connectivity index (χ4n) is 6.75. The van der Waals surface area contributed by atoms with Gasteiger partial charge in [0.2, 0.25) is 0 Å². The number of alkyl halides is 2. The minimum atomic E-state index is -3.20. The van der Waals surface area contributed by atoms with Crippen molar-refractivity contribution in [1.82, 2.24) is 14.8 Å². The van der Waals surface area contributed by atoms with Gasteiger partial charge < -0.3 is 20.1 Å². The van der Waals surface area contributed by atoms with Crippen molar-refractivity contribution in [3.05, 3.63) is 52.5 Å². The van der Waals surface area contributed by atoms with Crippen molar-refractivity contribution in [2.45, 2.75) is 82.7 Å². The molecule has 2 aromatic rings. The molecule has 1 saturated carbocycles. The van der Waals surface area contributed by atoms with Crippen LogP contribution in [0.25, 0.3) is 0 Å². The molecule has 1 saturated heterocycles. The van der Waals surface area contributed by atoms with Crippen LogP contribution in [0.1, 0.15) is 80.3 Å². The van der Waals surface area contributed by atoms with Gasteiger partial charge >= 0.3 is 5.97 Å². The molecule has 2 N–H and O–H groups in total. The molecule has 10 heteroatoms. The second kappa shape index (κ2) is 13.4. The van der Waals surface area contributed by atoms with Crippen LogP contribution in [-0.4, -0.2) is 72.2 Å². The number of fused-ring (bicyclic) bond motifs is 1. The molecule has 5 rings (SSSR count). The molecule has 0 amide bonds. The fraction of sp³-hybridized carbons (Fsp3) is 0.636. The second-order valence-electron chi connectivity index (χ2n) is 12.6. The quantitative estimate of drug-likeness (QED) is 0.247. The van der Waals surface area contributed by atoms with Crippen LogP contribution in [0.5, 0.6) is 5.75 Å². The molecule has 2 aliphatic heterocycles. The van der Waals surface area contributed by atoms with Gasteiger partial charge in [-0.05, 0) is 108 Å². The molecule has 3 atom stereocenters. The Labute approximate surface area is 252 Å². The van der Waals surface area contributed by atoms with Gasteiger partial charge in [0.15, 0.2) is 11.6 Å². The number of hydrogen-bond donors (Lipinski definition) is 2. The van der Waals surface area contributed by atoms with E-state index in [-0.39, 0.29) is 23.3 Å². The highest BCUT2D eigenvalue weighted by Crippen LogP contribution is 2.51. The number of carboxylic acids is 1. The summed E-state index contributed by atoms with van der Waals surface area (Å²) >= 11 is 0. The van der Waals surface area contributed by atoms with E-state index in [9.17, 15) is 18.7 Å². The summed E-state index contributed by atoms with van der Waals surface area (Å²) < 4.78 is 50.1. The number of hydrogen-bond acceptors (Lipinski definition) is 6. The highest BCUT2D eigenvalue weighted by Gasteiger charge is 2.49. The van der Waals surface area contributed by atoms with Crippen LogP contribution in [0.4, 0.5) is 19.0 Å². The third-order valence-electron chi connectivity index (χ3n) is 9.67. The van der Waals surface area contributed by atoms with Crippen molar-refractivity contribution in [3.8, 4) is 5.75 Å². The Hall–Kier alpha value is -2.85. The number of aryl methyl sites for hydroxylation is 2. The Morgan fingerprint density at radius 1 is 1.23 bits per heavy atom. The molecular weight excluding hydrogens is 557 g/mol. The van der Waals surface area contributed by atoms with Gasteiger partial charge in [-0.3, -0.25) is 9.69 Å². The smallest absolute Gasteiger partial charge is 0.325 e. The largest absolute Gasteiger partial charge is 0.493 e. The van der Waals surface area contributed by atoms with Crippen molar-refractivity contribution in [2.24, 2.45) is 11.8 Å². The molecule has 7 nitrogen and oxygen atoms in total. The summed E-state index contributed by atoms with van der Waals surface area (Å²) in [6, 6.07) is 5.23. The van der Waals surface area contributed by atoms with E-state index in [1.165, 1.54) is 12.7 Å². The molecule has 2 unspecified atom stereocenters. The maximum Gasteiger partial charge on any atom is 0.325 e. The van der Waals surface area contributed by atoms with E-state index in [4.69, 9.17) is 9.72 Å². The van der Waals surface area contributed by atoms with Crippen LogP contribution in [0.3, 0.4) is 0 Å². The monoisotopic (exact) mass is 602 g/mol. The summed E-state index contributed by atoms with van der Waals surface area (Å²) in [6.07, 6.45) is 7.95. The van der Waals surface area contributed by atoms with Crippen molar-refractivity contribution < 1.29 is 27.8 Å². The summed E-state index contributed by atoms with van der Waals surface area (Å²) in [5.41, 5.74) is 1.92. The number of pyridine rings is 1. The predicted molar refractivity (Wildman–Crippen MR) is 160 cm³/mol. The van der Waals surface area contributed by atoms with Crippen molar-refractivity contribution in [1.29, 1.82) is 0 Å². The van der Waals surface area contributed by atoms with Gasteiger partial charge in [0.05, 0.1) is 7.11 Å². The number of rotatable bonds is 14. The maximum atomic E-state index is 15.0. The number of carboxylic acid groups (broad SMARTS) is 1. The first kappa shape index (κ1) is 31.6. The van der Waals surface area contributed by atoms with Gasteiger partial charge in [0.25, 0.3) is 5.92 Å². The Morgan fingerprint density at radius 2 is 2.02 bits per heavy atom. The lowest BCUT2D eigenvalue weighted by atomic mass is 9.95. The van der Waals surface area contributed by atoms with Gasteiger partial charge in [-0.15, -0.1) is 0 Å². The van der Waals surface area contributed by atoms with E-state index in [0.29, 0.717) is 25.9 Å². The van der Waals surface area contributed by atoms with Crippen LogP contribution in [0.15, 0.2) is 24.3 Å². The van der Waals surface area contributed by atoms with E-state index in [2.05, 4.69) is 36.3 Å². The topological polar surface area (TPSA) is 77.9 Å². The molecule has 0 spiro atoms. The van der Waals surface area contributed by atoms with Crippen LogP contribution >= 0.6 is 0 Å². The molecule has 236 valence electrons. The molecule has 3 aliphatic rings. The number of benzene rings is 1. The molecule has 1 aromatic carbocycles. The third kappa shape index (κ3) is 7.11. The Morgan fingerprint density at radius 3 is 2.74 bits per heavy atom. The fourth-order valence-corrected chi connectivity index (χ4v) is 6.75. The molecule has 0 bridgehead atoms. The number of halogens is 3. The number of nitrogens with one attached hydrogen (secondary N) is 1. The van der Waals surface area contributed by atoms with E-state index >= 15 is 4.39 Å². The van der Waals surface area contributed by atoms with E-state index in [1.54, 1.807) is 4.90 Å². The number of likely N-dealkylation sites (tertiary alicyclic amines) is 1. The summed E-state index contributed by atoms with van der Waals surface area (Å²) in [7, 11) is 3.34. The Bertz CT molecular complexity index is 1290. The van der Waals surface area contributed by atoms with Gasteiger partial charge in [-0.2, -0.15) is 0 Å². The lowest BCUT2D eigenvalue weighted by Gasteiger charge is -2.31. The van der Waals surface area contributed by atoms with Gasteiger partial charge in [0.1, 0.15) is 11.9 Å². The molecular formula is C33H45F3N4O3. The Balaban J connectivity index is 1.16. The van der Waals surface area contributed by atoms with Gasteiger partial charge in [0, 0.05) is 41.9 Å². The number of nitrogens with zero attached hydrogens (tertiary/aromatic N) is 3. The standard InChI is InChI=1S/C33H45F3N4O3/c1-21(39(2)16-6-4-5-9-26-13-10-22-8-7-15-37-31(22)38-26)23-14-17-40(20-23)29(32(41)42)27-18-25(19-28(34)30(27)43-3)33(35,36)24-11-12-24/h10,13,18-19,21,23-24,29H,4-9,11-12,14-17,20H2,1-3H3,(H,37,38)(H,41,42)/t21?,23-,29?/m1/s1. The zero-order valence-electron chi connectivity index (χ0n) is 25.6. The number of aliphatic carboxylic acids is 1. The number of carbonyl (C=O) groups is 1. The molecule has 43 heavy (non-hydrogen) atoms. The molecule has 1 aliphatic carbocycles. The predicted octanol–water partition coefficient (Wildman–Crippen LogP) is 6.27. The number of methoxy groups -OCH3 is 1. The first-order valence-corrected chi connectivity index (χ1v) is 15.8. The summed E-state index contributed by atoms with van der Waals surface area (Å²) in [4.78, 5) is 21.4. The number of anilines is 1. The highest BCUT2D eigenvalue weighted by atomic mass is 19.3. The lowest BCUT2D eigenvalue weighted by molar-refractivity contribution is -0.143. The summed E-state index contributed by atoms with van der Waals surface area (Å²) in [5, 5.41) is 13.6. The minimum absolute atomic E-state index is 0.0452. The highest BCUT2D eigenvalue weighted by molar-refractivity contribution is 5.77. The zero-order chi connectivity index (χ0) is 30.7. The third-order valence-corrected chi connectivity index (χ3v) is 9.67. The number of unbranched alkanes of at least 4 members (excludes halogenated alkanes) is 2. The first-order valence-electron chi connectivity index (χ1n) is 15.8. The number of ether oxygens (including phenoxy) is 1. The molecule has 3 heterocycles. The van der Waals surface area contributed by atoms with Crippen molar-refractivity contribution in [2.75, 3.05) is 45.7 Å². The van der Waals surface area contributed by atoms with Gasteiger partial charge in [-0.1, -0.05) is 12.5 Å². The Kier molecular flexibility index (Phi) is 9.86. The summed E-state index contributed by atoms with van der Waals surface area (Å²) in [5.74, 6) is -5.23. The maximum absolute atomic E-state index is 15.0. The molecule has 0 radical (unpaired) electrons. The minimum Gasteiger partial charge on any atom is -0.493 e. The zero-order valence-corrected chi connectivity index (χ0v) is 25.6. The molecule has 1 aromatic heterocycles. The second-order valence-corrected chi connectivity index (χ2v) is 12.6. The van der Waals surface area contributed by atoms with Crippen molar-refractivity contribution >= 4 is 11.8 Å². The van der Waals surface area contributed by atoms with E-state index in [0.717, 1.165) is 81.7 Å². The van der Waals surface area contributed by atoms with Crippen molar-refractivity contribution in [3.63, 3.8) is 0 Å². The number of aromatic nitrogens is 1. The SMILES string of the molecule is COc1c(F)cc(C(F)(F)C2CC2)cc1C(C(=O)O)N1CC[C@@H](C(C)N(C)CCCCCc2ccc3c(n2)NCCC3)C1. The van der Waals surface area contributed by atoms with E-state index < -0.39 is 35.2 Å². The average molecular weight is 603 g/mol. The molecule has 2 fully saturated rings. The summed E-state index contributed by atoms with van der Waals surface area (Å²) in [6.45, 7) is 5.04. The average Bonchev–Trinajstić information content (AvgIpc) is 3.75. The van der Waals surface area contributed by atoms with Crippen LogP contribution < -0.4 is 10.1 Å². The van der Waals surface area contributed by atoms with Gasteiger partial charge in [-0.25, -0.2) is 18.2 Å².